The van der Waals surface area contributed by atoms with Crippen LogP contribution in [-0.2, 0) is 0 Å². The van der Waals surface area contributed by atoms with Gasteiger partial charge in [-0.3, -0.25) is 4.79 Å². The lowest BCUT2D eigenvalue weighted by atomic mass is 10.1. The molecule has 1 atom stereocenters. The predicted octanol–water partition coefficient (Wildman–Crippen LogP) is 2.43. The van der Waals surface area contributed by atoms with Crippen molar-refractivity contribution in [3.63, 3.8) is 0 Å². The summed E-state index contributed by atoms with van der Waals surface area (Å²) in [4.78, 5) is 11.7. The van der Waals surface area contributed by atoms with Crippen molar-refractivity contribution in [1.82, 2.24) is 5.32 Å². The summed E-state index contributed by atoms with van der Waals surface area (Å²) in [7, 11) is 0. The number of nitrogens with one attached hydrogen (secondary N) is 1. The van der Waals surface area contributed by atoms with Crippen LogP contribution in [-0.4, -0.2) is 17.3 Å². The Bertz CT molecular complexity index is 282. The molecular formula is C10H14BrNO2. The second kappa shape index (κ2) is 5.20. The van der Waals surface area contributed by atoms with Gasteiger partial charge in [-0.05, 0) is 12.0 Å². The zero-order chi connectivity index (χ0) is 10.6. The van der Waals surface area contributed by atoms with Gasteiger partial charge in [-0.1, -0.05) is 29.8 Å². The number of rotatable bonds is 4. The van der Waals surface area contributed by atoms with Gasteiger partial charge in [-0.15, -0.1) is 0 Å². The molecule has 1 aromatic rings. The van der Waals surface area contributed by atoms with Crippen LogP contribution in [0.1, 0.15) is 24.2 Å². The summed E-state index contributed by atoms with van der Waals surface area (Å²) >= 11 is 3.50. The third kappa shape index (κ3) is 3.18. The molecule has 1 heterocycles. The van der Waals surface area contributed by atoms with Gasteiger partial charge in [0.25, 0.3) is 5.91 Å². The van der Waals surface area contributed by atoms with Crippen molar-refractivity contribution in [3.8, 4) is 0 Å². The number of carbonyl (C=O) groups is 1. The molecule has 0 aliphatic carbocycles. The highest BCUT2D eigenvalue weighted by molar-refractivity contribution is 9.09. The Hall–Kier alpha value is -0.770. The molecule has 0 spiro atoms. The highest BCUT2D eigenvalue weighted by Gasteiger charge is 2.12. The van der Waals surface area contributed by atoms with Crippen LogP contribution in [0, 0.1) is 5.92 Å². The highest BCUT2D eigenvalue weighted by atomic mass is 79.9. The SMILES string of the molecule is CC(C)C(Br)CNC(=O)c1ccoc1. The van der Waals surface area contributed by atoms with Crippen LogP contribution in [0.2, 0.25) is 0 Å². The smallest absolute Gasteiger partial charge is 0.254 e. The number of carbonyl (C=O) groups excluding carboxylic acids is 1. The lowest BCUT2D eigenvalue weighted by molar-refractivity contribution is 0.0952. The molecule has 1 amide bonds. The molecule has 3 nitrogen and oxygen atoms in total. The van der Waals surface area contributed by atoms with Gasteiger partial charge in [0, 0.05) is 11.4 Å². The molecule has 0 aliphatic rings. The van der Waals surface area contributed by atoms with E-state index in [4.69, 9.17) is 4.42 Å². The molecule has 4 heteroatoms. The third-order valence-electron chi connectivity index (χ3n) is 1.96. The molecule has 1 N–H and O–H groups in total. The van der Waals surface area contributed by atoms with Crippen LogP contribution in [0.5, 0.6) is 0 Å². The maximum Gasteiger partial charge on any atom is 0.254 e. The predicted molar refractivity (Wildman–Crippen MR) is 58.6 cm³/mol. The quantitative estimate of drug-likeness (QED) is 0.845. The van der Waals surface area contributed by atoms with E-state index in [2.05, 4.69) is 35.1 Å². The fraction of sp³-hybridized carbons (Fsp3) is 0.500. The lowest BCUT2D eigenvalue weighted by Crippen LogP contribution is -2.31. The Balaban J connectivity index is 2.36. The Morgan fingerprint density at radius 2 is 2.36 bits per heavy atom. The summed E-state index contributed by atoms with van der Waals surface area (Å²) in [5, 5.41) is 2.82. The van der Waals surface area contributed by atoms with Crippen molar-refractivity contribution < 1.29 is 9.21 Å². The van der Waals surface area contributed by atoms with Crippen molar-refractivity contribution in [2.24, 2.45) is 5.92 Å². The molecule has 1 rings (SSSR count). The normalized spacial score (nSPS) is 12.9. The van der Waals surface area contributed by atoms with E-state index in [1.54, 1.807) is 6.07 Å². The van der Waals surface area contributed by atoms with Gasteiger partial charge >= 0.3 is 0 Å². The second-order valence-corrected chi connectivity index (χ2v) is 4.66. The zero-order valence-electron chi connectivity index (χ0n) is 8.29. The van der Waals surface area contributed by atoms with E-state index in [1.807, 2.05) is 0 Å². The molecule has 0 bridgehead atoms. The summed E-state index contributed by atoms with van der Waals surface area (Å²) in [6, 6.07) is 1.65. The van der Waals surface area contributed by atoms with E-state index in [1.165, 1.54) is 12.5 Å². The average molecular weight is 260 g/mol. The maximum absolute atomic E-state index is 11.4. The van der Waals surface area contributed by atoms with Gasteiger partial charge in [-0.25, -0.2) is 0 Å². The average Bonchev–Trinajstić information content (AvgIpc) is 2.66. The Labute approximate surface area is 92.0 Å². The van der Waals surface area contributed by atoms with Crippen LogP contribution in [0.3, 0.4) is 0 Å². The first-order valence-electron chi connectivity index (χ1n) is 4.55. The molecule has 0 aromatic carbocycles. The van der Waals surface area contributed by atoms with Crippen LogP contribution >= 0.6 is 15.9 Å². The van der Waals surface area contributed by atoms with Gasteiger partial charge in [-0.2, -0.15) is 0 Å². The molecule has 0 fully saturated rings. The maximum atomic E-state index is 11.4. The molecule has 78 valence electrons. The van der Waals surface area contributed by atoms with E-state index in [-0.39, 0.29) is 5.91 Å². The summed E-state index contributed by atoms with van der Waals surface area (Å²) in [5.74, 6) is 0.406. The van der Waals surface area contributed by atoms with Crippen LogP contribution in [0.4, 0.5) is 0 Å². The standard InChI is InChI=1S/C10H14BrNO2/c1-7(2)9(11)5-12-10(13)8-3-4-14-6-8/h3-4,6-7,9H,5H2,1-2H3,(H,12,13). The third-order valence-corrected chi connectivity index (χ3v) is 3.35. The second-order valence-electron chi connectivity index (χ2n) is 3.48. The molecule has 0 saturated heterocycles. The first-order chi connectivity index (χ1) is 6.61. The number of hydrogen-bond donors (Lipinski definition) is 1. The first kappa shape index (κ1) is 11.3. The summed E-state index contributed by atoms with van der Waals surface area (Å²) in [5.41, 5.74) is 0.563. The lowest BCUT2D eigenvalue weighted by Gasteiger charge is -2.13. The largest absolute Gasteiger partial charge is 0.472 e. The van der Waals surface area contributed by atoms with Crippen LogP contribution in [0.25, 0.3) is 0 Å². The van der Waals surface area contributed by atoms with Crippen molar-refractivity contribution in [2.75, 3.05) is 6.54 Å². The summed E-state index contributed by atoms with van der Waals surface area (Å²) < 4.78 is 4.82. The van der Waals surface area contributed by atoms with Crippen LogP contribution < -0.4 is 5.32 Å². The van der Waals surface area contributed by atoms with E-state index in [0.717, 1.165) is 0 Å². The van der Waals surface area contributed by atoms with Crippen molar-refractivity contribution in [2.45, 2.75) is 18.7 Å². The Kier molecular flexibility index (Phi) is 4.20. The van der Waals surface area contributed by atoms with Gasteiger partial charge in [0.1, 0.15) is 6.26 Å². The van der Waals surface area contributed by atoms with Gasteiger partial charge < -0.3 is 9.73 Å². The van der Waals surface area contributed by atoms with Crippen LogP contribution in [0.15, 0.2) is 23.0 Å². The molecule has 1 aromatic heterocycles. The van der Waals surface area contributed by atoms with Crippen molar-refractivity contribution >= 4 is 21.8 Å². The number of amides is 1. The molecular weight excluding hydrogens is 246 g/mol. The first-order valence-corrected chi connectivity index (χ1v) is 5.47. The Morgan fingerprint density at radius 3 is 2.86 bits per heavy atom. The topological polar surface area (TPSA) is 42.2 Å². The van der Waals surface area contributed by atoms with E-state index in [9.17, 15) is 4.79 Å². The minimum absolute atomic E-state index is 0.0937. The van der Waals surface area contributed by atoms with E-state index >= 15 is 0 Å². The van der Waals surface area contributed by atoms with E-state index in [0.29, 0.717) is 22.9 Å². The number of alkyl halides is 1. The number of halogens is 1. The van der Waals surface area contributed by atoms with Gasteiger partial charge in [0.15, 0.2) is 0 Å². The van der Waals surface area contributed by atoms with Gasteiger partial charge in [0.2, 0.25) is 0 Å². The molecule has 0 saturated carbocycles. The highest BCUT2D eigenvalue weighted by Crippen LogP contribution is 2.10. The van der Waals surface area contributed by atoms with E-state index < -0.39 is 0 Å². The molecule has 1 unspecified atom stereocenters. The summed E-state index contributed by atoms with van der Waals surface area (Å²) in [6.45, 7) is 4.83. The fourth-order valence-electron chi connectivity index (χ4n) is 0.922. The van der Waals surface area contributed by atoms with Crippen molar-refractivity contribution in [1.29, 1.82) is 0 Å². The fourth-order valence-corrected chi connectivity index (χ4v) is 1.08. The minimum Gasteiger partial charge on any atom is -0.472 e. The minimum atomic E-state index is -0.0937. The monoisotopic (exact) mass is 259 g/mol. The summed E-state index contributed by atoms with van der Waals surface area (Å²) in [6.07, 6.45) is 2.93. The Morgan fingerprint density at radius 1 is 1.64 bits per heavy atom. The van der Waals surface area contributed by atoms with Crippen molar-refractivity contribution in [3.05, 3.63) is 24.2 Å². The molecule has 14 heavy (non-hydrogen) atoms. The number of hydrogen-bond acceptors (Lipinski definition) is 2. The molecule has 0 aliphatic heterocycles. The number of furan rings is 1. The zero-order valence-corrected chi connectivity index (χ0v) is 9.87. The van der Waals surface area contributed by atoms with Gasteiger partial charge in [0.05, 0.1) is 11.8 Å². The molecule has 0 radical (unpaired) electrons.